The topological polar surface area (TPSA) is 42.2 Å². The number of hydrogen-bond acceptors (Lipinski definition) is 3. The zero-order valence-electron chi connectivity index (χ0n) is 12.5. The lowest BCUT2D eigenvalue weighted by atomic mass is 9.96. The molecule has 3 nitrogen and oxygen atoms in total. The molecule has 4 heteroatoms. The molecule has 0 aliphatic rings. The molecule has 0 aromatic heterocycles. The summed E-state index contributed by atoms with van der Waals surface area (Å²) in [6.07, 6.45) is 1.47. The first kappa shape index (κ1) is 16.2. The van der Waals surface area contributed by atoms with Gasteiger partial charge in [0.15, 0.2) is 11.5 Å². The molecule has 2 aromatic carbocycles. The van der Waals surface area contributed by atoms with Crippen LogP contribution in [0.15, 0.2) is 48.5 Å². The van der Waals surface area contributed by atoms with Gasteiger partial charge < -0.3 is 9.47 Å². The largest absolute Gasteiger partial charge is 0.493 e. The van der Waals surface area contributed by atoms with E-state index in [0.717, 1.165) is 17.7 Å². The summed E-state index contributed by atoms with van der Waals surface area (Å²) in [5.41, 5.74) is 0.879. The number of ether oxygens (including phenoxy) is 2. The Morgan fingerprint density at radius 3 is 2.45 bits per heavy atom. The number of nitriles is 1. The molecule has 2 rings (SSSR count). The SMILES string of the molecule is COc1ccccc1OCCCC(C#N)c1ccccc1Cl. The van der Waals surface area contributed by atoms with E-state index in [0.29, 0.717) is 23.8 Å². The highest BCUT2D eigenvalue weighted by Gasteiger charge is 2.13. The van der Waals surface area contributed by atoms with Crippen molar-refractivity contribution in [3.8, 4) is 17.6 Å². The monoisotopic (exact) mass is 315 g/mol. The molecular weight excluding hydrogens is 298 g/mol. The zero-order chi connectivity index (χ0) is 15.8. The predicted octanol–water partition coefficient (Wildman–Crippen LogP) is 4.81. The number of rotatable bonds is 7. The van der Waals surface area contributed by atoms with Crippen LogP contribution in [0.4, 0.5) is 0 Å². The molecule has 0 radical (unpaired) electrons. The molecule has 0 bridgehead atoms. The molecular formula is C18H18ClNO2. The van der Waals surface area contributed by atoms with Gasteiger partial charge in [-0.25, -0.2) is 0 Å². The van der Waals surface area contributed by atoms with E-state index in [-0.39, 0.29) is 5.92 Å². The van der Waals surface area contributed by atoms with Crippen LogP contribution in [0.5, 0.6) is 11.5 Å². The second-order valence-corrected chi connectivity index (χ2v) is 5.25. The van der Waals surface area contributed by atoms with Gasteiger partial charge in [-0.05, 0) is 36.6 Å². The highest BCUT2D eigenvalue weighted by Crippen LogP contribution is 2.29. The lowest BCUT2D eigenvalue weighted by Crippen LogP contribution is -2.03. The molecule has 0 amide bonds. The van der Waals surface area contributed by atoms with Crippen LogP contribution in [0, 0.1) is 11.3 Å². The molecule has 2 aromatic rings. The zero-order valence-corrected chi connectivity index (χ0v) is 13.2. The Hall–Kier alpha value is -2.18. The molecule has 114 valence electrons. The Kier molecular flexibility index (Phi) is 6.12. The van der Waals surface area contributed by atoms with E-state index in [2.05, 4.69) is 6.07 Å². The van der Waals surface area contributed by atoms with E-state index in [4.69, 9.17) is 21.1 Å². The maximum Gasteiger partial charge on any atom is 0.161 e. The number of hydrogen-bond donors (Lipinski definition) is 0. The fourth-order valence-corrected chi connectivity index (χ4v) is 2.52. The van der Waals surface area contributed by atoms with E-state index in [9.17, 15) is 5.26 Å². The van der Waals surface area contributed by atoms with Crippen molar-refractivity contribution in [2.75, 3.05) is 13.7 Å². The smallest absolute Gasteiger partial charge is 0.161 e. The summed E-state index contributed by atoms with van der Waals surface area (Å²) in [4.78, 5) is 0. The second kappa shape index (κ2) is 8.31. The first-order valence-electron chi connectivity index (χ1n) is 7.16. The van der Waals surface area contributed by atoms with Crippen molar-refractivity contribution in [1.82, 2.24) is 0 Å². The van der Waals surface area contributed by atoms with Crippen LogP contribution in [0.3, 0.4) is 0 Å². The Morgan fingerprint density at radius 1 is 1.09 bits per heavy atom. The van der Waals surface area contributed by atoms with E-state index in [1.807, 2.05) is 48.5 Å². The van der Waals surface area contributed by atoms with Gasteiger partial charge in [-0.2, -0.15) is 5.26 Å². The predicted molar refractivity (Wildman–Crippen MR) is 87.5 cm³/mol. The molecule has 22 heavy (non-hydrogen) atoms. The van der Waals surface area contributed by atoms with E-state index >= 15 is 0 Å². The van der Waals surface area contributed by atoms with Crippen molar-refractivity contribution in [2.24, 2.45) is 0 Å². The summed E-state index contributed by atoms with van der Waals surface area (Å²) in [5.74, 6) is 1.22. The number of halogens is 1. The first-order chi connectivity index (χ1) is 10.8. The minimum absolute atomic E-state index is 0.213. The van der Waals surface area contributed by atoms with E-state index in [1.54, 1.807) is 7.11 Å². The Morgan fingerprint density at radius 2 is 1.77 bits per heavy atom. The van der Waals surface area contributed by atoms with Gasteiger partial charge in [0.1, 0.15) is 0 Å². The van der Waals surface area contributed by atoms with Crippen molar-refractivity contribution >= 4 is 11.6 Å². The quantitative estimate of drug-likeness (QED) is 0.688. The van der Waals surface area contributed by atoms with Crippen LogP contribution in [-0.2, 0) is 0 Å². The molecule has 0 fully saturated rings. The number of para-hydroxylation sites is 2. The van der Waals surface area contributed by atoms with Crippen LogP contribution in [0.1, 0.15) is 24.3 Å². The summed E-state index contributed by atoms with van der Waals surface area (Å²) in [5, 5.41) is 9.97. The van der Waals surface area contributed by atoms with Gasteiger partial charge in [0.05, 0.1) is 25.7 Å². The van der Waals surface area contributed by atoms with Gasteiger partial charge in [0.25, 0.3) is 0 Å². The van der Waals surface area contributed by atoms with Crippen molar-refractivity contribution in [3.05, 3.63) is 59.1 Å². The summed E-state index contributed by atoms with van der Waals surface area (Å²) >= 11 is 6.15. The van der Waals surface area contributed by atoms with Crippen LogP contribution >= 0.6 is 11.6 Å². The summed E-state index contributed by atoms with van der Waals surface area (Å²) < 4.78 is 11.0. The Labute approximate surface area is 136 Å². The summed E-state index contributed by atoms with van der Waals surface area (Å²) in [6, 6.07) is 17.3. The third kappa shape index (κ3) is 4.16. The molecule has 0 spiro atoms. The highest BCUT2D eigenvalue weighted by atomic mass is 35.5. The van der Waals surface area contributed by atoms with Gasteiger partial charge in [0.2, 0.25) is 0 Å². The van der Waals surface area contributed by atoms with Crippen molar-refractivity contribution in [2.45, 2.75) is 18.8 Å². The van der Waals surface area contributed by atoms with Gasteiger partial charge in [-0.3, -0.25) is 0 Å². The van der Waals surface area contributed by atoms with Gasteiger partial charge in [0, 0.05) is 5.02 Å². The van der Waals surface area contributed by atoms with Crippen molar-refractivity contribution < 1.29 is 9.47 Å². The highest BCUT2D eigenvalue weighted by molar-refractivity contribution is 6.31. The normalized spacial score (nSPS) is 11.5. The summed E-state index contributed by atoms with van der Waals surface area (Å²) in [6.45, 7) is 0.531. The number of methoxy groups -OCH3 is 1. The number of benzene rings is 2. The number of nitrogens with zero attached hydrogens (tertiary/aromatic N) is 1. The Bertz CT molecular complexity index is 652. The van der Waals surface area contributed by atoms with Crippen LogP contribution in [-0.4, -0.2) is 13.7 Å². The van der Waals surface area contributed by atoms with Crippen LogP contribution in [0.25, 0.3) is 0 Å². The summed E-state index contributed by atoms with van der Waals surface area (Å²) in [7, 11) is 1.62. The average Bonchev–Trinajstić information content (AvgIpc) is 2.56. The first-order valence-corrected chi connectivity index (χ1v) is 7.54. The van der Waals surface area contributed by atoms with Crippen molar-refractivity contribution in [1.29, 1.82) is 5.26 Å². The van der Waals surface area contributed by atoms with E-state index in [1.165, 1.54) is 0 Å². The van der Waals surface area contributed by atoms with Crippen LogP contribution < -0.4 is 9.47 Å². The minimum atomic E-state index is -0.213. The Balaban J connectivity index is 1.88. The third-order valence-electron chi connectivity index (χ3n) is 3.40. The fourth-order valence-electron chi connectivity index (χ4n) is 2.25. The lowest BCUT2D eigenvalue weighted by Gasteiger charge is -2.13. The maximum absolute atomic E-state index is 9.33. The van der Waals surface area contributed by atoms with E-state index < -0.39 is 0 Å². The molecule has 0 aliphatic heterocycles. The third-order valence-corrected chi connectivity index (χ3v) is 3.74. The van der Waals surface area contributed by atoms with Gasteiger partial charge >= 0.3 is 0 Å². The minimum Gasteiger partial charge on any atom is -0.493 e. The molecule has 0 heterocycles. The van der Waals surface area contributed by atoms with Gasteiger partial charge in [-0.1, -0.05) is 41.9 Å². The van der Waals surface area contributed by atoms with Crippen LogP contribution in [0.2, 0.25) is 5.02 Å². The second-order valence-electron chi connectivity index (χ2n) is 4.84. The standard InChI is InChI=1S/C18H18ClNO2/c1-21-17-10-4-5-11-18(17)22-12-6-7-14(13-20)15-8-2-3-9-16(15)19/h2-5,8-11,14H,6-7,12H2,1H3. The molecule has 0 saturated carbocycles. The maximum atomic E-state index is 9.33. The van der Waals surface area contributed by atoms with Crippen molar-refractivity contribution in [3.63, 3.8) is 0 Å². The average molecular weight is 316 g/mol. The molecule has 0 saturated heterocycles. The molecule has 1 atom stereocenters. The van der Waals surface area contributed by atoms with Gasteiger partial charge in [-0.15, -0.1) is 0 Å². The lowest BCUT2D eigenvalue weighted by molar-refractivity contribution is 0.285. The molecule has 0 aliphatic carbocycles. The molecule has 0 N–H and O–H groups in total. The fraction of sp³-hybridized carbons (Fsp3) is 0.278. The molecule has 1 unspecified atom stereocenters.